The molecule has 3 heteroatoms. The van der Waals surface area contributed by atoms with Crippen molar-refractivity contribution >= 4 is 5.91 Å². The molecule has 2 nitrogen and oxygen atoms in total. The molecule has 1 aromatic rings. The van der Waals surface area contributed by atoms with Gasteiger partial charge in [0.25, 0.3) is 5.91 Å². The molecule has 84 valence electrons. The van der Waals surface area contributed by atoms with E-state index in [0.717, 1.165) is 6.42 Å². The van der Waals surface area contributed by atoms with E-state index in [1.807, 2.05) is 0 Å². The summed E-state index contributed by atoms with van der Waals surface area (Å²) in [5.41, 5.74) is 1.14. The fraction of sp³-hybridized carbons (Fsp3) is 0.308. The number of nitrogens with one attached hydrogen (secondary N) is 1. The van der Waals surface area contributed by atoms with Crippen LogP contribution in [0.5, 0.6) is 0 Å². The molecule has 0 fully saturated rings. The number of unbranched alkanes of at least 4 members (excludes halogenated alkanes) is 1. The van der Waals surface area contributed by atoms with Crippen LogP contribution in [0, 0.1) is 25.1 Å². The summed E-state index contributed by atoms with van der Waals surface area (Å²) in [4.78, 5) is 11.7. The number of carbonyl (C=O) groups excluding carboxylic acids is 1. The Bertz CT molecular complexity index is 420. The summed E-state index contributed by atoms with van der Waals surface area (Å²) in [5, 5.41) is 2.74. The van der Waals surface area contributed by atoms with Gasteiger partial charge in [-0.05, 0) is 37.1 Å². The van der Waals surface area contributed by atoms with E-state index in [4.69, 9.17) is 6.42 Å². The summed E-state index contributed by atoms with van der Waals surface area (Å²) < 4.78 is 12.8. The van der Waals surface area contributed by atoms with Gasteiger partial charge in [-0.2, -0.15) is 0 Å². The topological polar surface area (TPSA) is 29.1 Å². The van der Waals surface area contributed by atoms with Crippen LogP contribution in [0.1, 0.15) is 28.8 Å². The predicted octanol–water partition coefficient (Wildman–Crippen LogP) is 2.28. The molecule has 0 radical (unpaired) electrons. The Morgan fingerprint density at radius 2 is 2.31 bits per heavy atom. The van der Waals surface area contributed by atoms with Gasteiger partial charge in [0, 0.05) is 18.5 Å². The number of amides is 1. The van der Waals surface area contributed by atoms with E-state index < -0.39 is 0 Å². The normalized spacial score (nSPS) is 9.56. The van der Waals surface area contributed by atoms with Crippen molar-refractivity contribution in [1.29, 1.82) is 0 Å². The second-order valence-corrected chi connectivity index (χ2v) is 3.52. The average molecular weight is 219 g/mol. The third-order valence-electron chi connectivity index (χ3n) is 2.22. The van der Waals surface area contributed by atoms with Crippen molar-refractivity contribution in [3.05, 3.63) is 35.1 Å². The maximum absolute atomic E-state index is 12.8. The van der Waals surface area contributed by atoms with E-state index in [0.29, 0.717) is 24.1 Å². The fourth-order valence-corrected chi connectivity index (χ4v) is 1.37. The minimum atomic E-state index is -0.332. The quantitative estimate of drug-likeness (QED) is 0.611. The van der Waals surface area contributed by atoms with Crippen LogP contribution in [-0.4, -0.2) is 12.5 Å². The molecule has 0 aliphatic rings. The summed E-state index contributed by atoms with van der Waals surface area (Å²) >= 11 is 0. The average Bonchev–Trinajstić information content (AvgIpc) is 2.24. The Morgan fingerprint density at radius 3 is 2.94 bits per heavy atom. The van der Waals surface area contributed by atoms with Crippen LogP contribution in [-0.2, 0) is 0 Å². The molecule has 0 spiro atoms. The highest BCUT2D eigenvalue weighted by Crippen LogP contribution is 2.09. The number of hydrogen-bond acceptors (Lipinski definition) is 1. The zero-order valence-corrected chi connectivity index (χ0v) is 9.22. The predicted molar refractivity (Wildman–Crippen MR) is 61.5 cm³/mol. The van der Waals surface area contributed by atoms with Gasteiger partial charge in [-0.3, -0.25) is 4.79 Å². The molecule has 0 saturated heterocycles. The van der Waals surface area contributed by atoms with Crippen molar-refractivity contribution in [2.75, 3.05) is 6.54 Å². The molecule has 0 aliphatic heterocycles. The lowest BCUT2D eigenvalue weighted by molar-refractivity contribution is 0.0952. The van der Waals surface area contributed by atoms with Gasteiger partial charge >= 0.3 is 0 Å². The van der Waals surface area contributed by atoms with Crippen LogP contribution in [0.3, 0.4) is 0 Å². The lowest BCUT2D eigenvalue weighted by atomic mass is 10.1. The van der Waals surface area contributed by atoms with Gasteiger partial charge in [0.2, 0.25) is 0 Å². The molecule has 0 bridgehead atoms. The minimum absolute atomic E-state index is 0.186. The van der Waals surface area contributed by atoms with E-state index >= 15 is 0 Å². The van der Waals surface area contributed by atoms with E-state index in [2.05, 4.69) is 11.2 Å². The van der Waals surface area contributed by atoms with E-state index in [1.165, 1.54) is 18.2 Å². The highest BCUT2D eigenvalue weighted by molar-refractivity contribution is 5.95. The molecule has 16 heavy (non-hydrogen) atoms. The summed E-state index contributed by atoms with van der Waals surface area (Å²) in [5.74, 6) is 1.98. The highest BCUT2D eigenvalue weighted by atomic mass is 19.1. The van der Waals surface area contributed by atoms with E-state index in [-0.39, 0.29) is 11.7 Å². The second kappa shape index (κ2) is 5.92. The molecule has 1 rings (SSSR count). The van der Waals surface area contributed by atoms with Crippen LogP contribution in [0.2, 0.25) is 0 Å². The monoisotopic (exact) mass is 219 g/mol. The van der Waals surface area contributed by atoms with Gasteiger partial charge < -0.3 is 5.32 Å². The lowest BCUT2D eigenvalue weighted by Crippen LogP contribution is -2.25. The summed E-state index contributed by atoms with van der Waals surface area (Å²) in [6.07, 6.45) is 6.49. The molecule has 0 aliphatic carbocycles. The van der Waals surface area contributed by atoms with E-state index in [9.17, 15) is 9.18 Å². The zero-order valence-electron chi connectivity index (χ0n) is 9.22. The largest absolute Gasteiger partial charge is 0.352 e. The Morgan fingerprint density at radius 1 is 1.56 bits per heavy atom. The molecule has 1 N–H and O–H groups in total. The Hall–Kier alpha value is -1.82. The molecular weight excluding hydrogens is 205 g/mol. The van der Waals surface area contributed by atoms with Crippen LogP contribution >= 0.6 is 0 Å². The maximum atomic E-state index is 12.8. The molecule has 0 aromatic heterocycles. The van der Waals surface area contributed by atoms with Crippen molar-refractivity contribution in [3.8, 4) is 12.3 Å². The Labute approximate surface area is 94.9 Å². The lowest BCUT2D eigenvalue weighted by Gasteiger charge is -2.06. The first-order valence-electron chi connectivity index (χ1n) is 5.13. The summed E-state index contributed by atoms with van der Waals surface area (Å²) in [7, 11) is 0. The van der Waals surface area contributed by atoms with Crippen LogP contribution in [0.25, 0.3) is 0 Å². The van der Waals surface area contributed by atoms with Gasteiger partial charge in [-0.1, -0.05) is 0 Å². The van der Waals surface area contributed by atoms with Crippen LogP contribution in [0.15, 0.2) is 18.2 Å². The smallest absolute Gasteiger partial charge is 0.251 e. The molecule has 0 saturated carbocycles. The molecule has 0 atom stereocenters. The third kappa shape index (κ3) is 3.39. The van der Waals surface area contributed by atoms with Gasteiger partial charge in [0.05, 0.1) is 0 Å². The molecule has 0 heterocycles. The van der Waals surface area contributed by atoms with Crippen molar-refractivity contribution in [2.24, 2.45) is 0 Å². The molecule has 1 amide bonds. The number of terminal acetylenes is 1. The maximum Gasteiger partial charge on any atom is 0.251 e. The SMILES string of the molecule is C#CCCCNC(=O)c1ccc(F)cc1C. The first kappa shape index (κ1) is 12.3. The van der Waals surface area contributed by atoms with Gasteiger partial charge in [-0.25, -0.2) is 4.39 Å². The number of hydrogen-bond donors (Lipinski definition) is 1. The van der Waals surface area contributed by atoms with Gasteiger partial charge in [0.1, 0.15) is 5.82 Å². The number of rotatable bonds is 4. The molecular formula is C13H14FNO. The van der Waals surface area contributed by atoms with Crippen LogP contribution < -0.4 is 5.32 Å². The van der Waals surface area contributed by atoms with Crippen molar-refractivity contribution in [2.45, 2.75) is 19.8 Å². The fourth-order valence-electron chi connectivity index (χ4n) is 1.37. The van der Waals surface area contributed by atoms with Crippen LogP contribution in [0.4, 0.5) is 4.39 Å². The number of benzene rings is 1. The van der Waals surface area contributed by atoms with Crippen molar-refractivity contribution < 1.29 is 9.18 Å². The van der Waals surface area contributed by atoms with E-state index in [1.54, 1.807) is 6.92 Å². The Balaban J connectivity index is 2.57. The van der Waals surface area contributed by atoms with Gasteiger partial charge in [-0.15, -0.1) is 12.3 Å². The second-order valence-electron chi connectivity index (χ2n) is 3.52. The zero-order chi connectivity index (χ0) is 12.0. The summed E-state index contributed by atoms with van der Waals surface area (Å²) in [6, 6.07) is 4.11. The van der Waals surface area contributed by atoms with Gasteiger partial charge in [0.15, 0.2) is 0 Å². The first-order valence-corrected chi connectivity index (χ1v) is 5.13. The number of halogens is 1. The first-order chi connectivity index (χ1) is 7.65. The molecule has 0 unspecified atom stereocenters. The standard InChI is InChI=1S/C13H14FNO/c1-3-4-5-8-15-13(16)12-7-6-11(14)9-10(12)2/h1,6-7,9H,4-5,8H2,2H3,(H,15,16). The third-order valence-corrected chi connectivity index (χ3v) is 2.22. The summed E-state index contributed by atoms with van der Waals surface area (Å²) in [6.45, 7) is 2.25. The molecule has 1 aromatic carbocycles. The van der Waals surface area contributed by atoms with Crippen molar-refractivity contribution in [1.82, 2.24) is 5.32 Å². The highest BCUT2D eigenvalue weighted by Gasteiger charge is 2.08. The Kier molecular flexibility index (Phi) is 4.53. The minimum Gasteiger partial charge on any atom is -0.352 e. The number of carbonyl (C=O) groups is 1. The van der Waals surface area contributed by atoms with Crippen molar-refractivity contribution in [3.63, 3.8) is 0 Å². The number of aryl methyl sites for hydroxylation is 1.